The number of ether oxygens (including phenoxy) is 1. The largest absolute Gasteiger partial charge is 0.489 e. The number of aliphatic carboxylic acids is 1. The van der Waals surface area contributed by atoms with E-state index in [1.54, 1.807) is 12.1 Å². The molecule has 4 rings (SSSR count). The number of nitrogens with zero attached hydrogens (tertiary/aromatic N) is 4. The van der Waals surface area contributed by atoms with Gasteiger partial charge in [-0.25, -0.2) is 14.1 Å². The maximum Gasteiger partial charge on any atom is 0.427 e. The lowest BCUT2D eigenvalue weighted by Gasteiger charge is -2.42. The van der Waals surface area contributed by atoms with E-state index in [9.17, 15) is 41.1 Å². The van der Waals surface area contributed by atoms with Gasteiger partial charge in [-0.1, -0.05) is 16.5 Å². The number of amides is 2. The van der Waals surface area contributed by atoms with Crippen molar-refractivity contribution in [1.82, 2.24) is 19.9 Å². The first-order valence-corrected chi connectivity index (χ1v) is 15.4. The third-order valence-corrected chi connectivity index (χ3v) is 8.60. The van der Waals surface area contributed by atoms with Crippen molar-refractivity contribution >= 4 is 56.1 Å². The highest BCUT2D eigenvalue weighted by atomic mass is 32.2. The van der Waals surface area contributed by atoms with Gasteiger partial charge in [-0.3, -0.25) is 19.1 Å². The Hall–Kier alpha value is -4.54. The zero-order valence-electron chi connectivity index (χ0n) is 23.6. The summed E-state index contributed by atoms with van der Waals surface area (Å²) in [5.41, 5.74) is 9.69. The van der Waals surface area contributed by atoms with Gasteiger partial charge >= 0.3 is 22.4 Å². The van der Waals surface area contributed by atoms with Crippen LogP contribution >= 0.6 is 11.3 Å². The van der Waals surface area contributed by atoms with Gasteiger partial charge < -0.3 is 36.8 Å². The molecule has 46 heavy (non-hydrogen) atoms. The van der Waals surface area contributed by atoms with Crippen LogP contribution in [0.2, 0.25) is 0 Å². The monoisotopic (exact) mass is 692 g/mol. The third kappa shape index (κ3) is 7.81. The van der Waals surface area contributed by atoms with Gasteiger partial charge in [0.1, 0.15) is 34.8 Å². The number of anilines is 1. The van der Waals surface area contributed by atoms with Gasteiger partial charge in [0.25, 0.3) is 17.9 Å². The molecule has 0 bridgehead atoms. The Morgan fingerprint density at radius 2 is 1.98 bits per heavy atom. The second kappa shape index (κ2) is 13.4. The fraction of sp³-hybridized carbons (Fsp3) is 0.417. The molecular weight excluding hydrogens is 665 g/mol. The molecule has 8 N–H and O–H groups in total. The molecule has 3 heterocycles. The van der Waals surface area contributed by atoms with Gasteiger partial charge in [0, 0.05) is 12.1 Å². The van der Waals surface area contributed by atoms with E-state index >= 15 is 0 Å². The molecule has 22 heteroatoms. The molecule has 4 atom stereocenters. The van der Waals surface area contributed by atoms with Crippen molar-refractivity contribution in [1.29, 1.82) is 0 Å². The molecular formula is C24H27F3N8O9S2. The SMILES string of the molecule is C[C@H]1[C@H](NC(=O)/C(=N\OC(COc2ccc(C(N)=N[C@H]3CCNC3)cc2)C(=O)O)c2nc(N)sc2C(F)(F)F)C(=O)N1S(=O)(=O)O. The fourth-order valence-electron chi connectivity index (χ4n) is 4.37. The van der Waals surface area contributed by atoms with E-state index in [0.717, 1.165) is 19.9 Å². The number of β-lactam (4-membered cyclic amide) rings is 1. The molecule has 0 aliphatic carbocycles. The summed E-state index contributed by atoms with van der Waals surface area (Å²) in [6, 6.07) is 3.15. The number of carboxylic acid groups (broad SMARTS) is 1. The first-order chi connectivity index (χ1) is 21.5. The van der Waals surface area contributed by atoms with E-state index in [0.29, 0.717) is 12.1 Å². The van der Waals surface area contributed by atoms with Crippen LogP contribution in [0.3, 0.4) is 0 Å². The highest BCUT2D eigenvalue weighted by molar-refractivity contribution is 7.84. The van der Waals surface area contributed by atoms with Crippen molar-refractivity contribution < 1.29 is 55.2 Å². The number of aliphatic imine (C=N–C) groups is 1. The van der Waals surface area contributed by atoms with Crippen molar-refractivity contribution in [2.24, 2.45) is 15.9 Å². The molecule has 2 aliphatic heterocycles. The number of alkyl halides is 3. The van der Waals surface area contributed by atoms with E-state index < -0.39 is 80.5 Å². The summed E-state index contributed by atoms with van der Waals surface area (Å²) in [4.78, 5) is 48.5. The number of nitrogen functional groups attached to an aromatic ring is 1. The molecule has 2 aliphatic rings. The van der Waals surface area contributed by atoms with E-state index in [1.165, 1.54) is 12.1 Å². The Morgan fingerprint density at radius 1 is 1.30 bits per heavy atom. The van der Waals surface area contributed by atoms with E-state index in [4.69, 9.17) is 25.6 Å². The number of aromatic nitrogens is 1. The number of hydrogen-bond acceptors (Lipinski definition) is 13. The minimum absolute atomic E-state index is 0.0336. The number of benzene rings is 1. The number of carboxylic acids is 1. The third-order valence-electron chi connectivity index (χ3n) is 6.67. The number of nitrogens with two attached hydrogens (primary N) is 2. The van der Waals surface area contributed by atoms with Crippen molar-refractivity contribution in [3.63, 3.8) is 0 Å². The van der Waals surface area contributed by atoms with Gasteiger partial charge in [0.05, 0.1) is 12.1 Å². The van der Waals surface area contributed by atoms with Gasteiger partial charge in [-0.05, 0) is 44.2 Å². The number of amidine groups is 1. The van der Waals surface area contributed by atoms with Gasteiger partial charge in [0.15, 0.2) is 10.8 Å². The molecule has 250 valence electrons. The average Bonchev–Trinajstić information content (AvgIpc) is 3.62. The quantitative estimate of drug-likeness (QED) is 0.0544. The zero-order valence-corrected chi connectivity index (χ0v) is 25.2. The topological polar surface area (TPSA) is 261 Å². The standard InChI is InChI=1S/C24H27F3N8O9S2/c1-10-15(21(37)35(10)46(40,41)42)32-20(36)17(16-18(24(25,26)27)45-23(29)33-16)34-44-14(22(38)39)9-43-13-4-2-11(3-5-13)19(28)31-12-6-7-30-8-12/h2-5,10,12,14-15,30H,6-9H2,1H3,(H2,28,31)(H2,29,33)(H,32,36)(H,38,39)(H,40,41,42)/b34-17-/t10-,12-,14?,15-/m0/s1. The smallest absolute Gasteiger partial charge is 0.427 e. The number of oxime groups is 1. The van der Waals surface area contributed by atoms with Gasteiger partial charge in [-0.2, -0.15) is 21.6 Å². The second-order valence-electron chi connectivity index (χ2n) is 9.90. The van der Waals surface area contributed by atoms with Crippen molar-refractivity contribution in [3.05, 3.63) is 40.4 Å². The van der Waals surface area contributed by atoms with Crippen LogP contribution in [0.25, 0.3) is 0 Å². The van der Waals surface area contributed by atoms with Crippen molar-refractivity contribution in [3.8, 4) is 5.75 Å². The molecule has 2 aromatic rings. The summed E-state index contributed by atoms with van der Waals surface area (Å²) < 4.78 is 78.6. The van der Waals surface area contributed by atoms with Gasteiger partial charge in [-0.15, -0.1) is 0 Å². The van der Waals surface area contributed by atoms with Crippen LogP contribution in [0.5, 0.6) is 5.75 Å². The number of carbonyl (C=O) groups is 3. The number of halogens is 3. The van der Waals surface area contributed by atoms with Gasteiger partial charge in [0.2, 0.25) is 0 Å². The van der Waals surface area contributed by atoms with E-state index in [1.807, 2.05) is 5.32 Å². The number of hydrogen-bond donors (Lipinski definition) is 6. The molecule has 2 fully saturated rings. The lowest BCUT2D eigenvalue weighted by Crippen LogP contribution is -2.71. The lowest BCUT2D eigenvalue weighted by atomic mass is 10.0. The fourth-order valence-corrected chi connectivity index (χ4v) is 5.96. The van der Waals surface area contributed by atoms with Crippen LogP contribution in [0.15, 0.2) is 34.4 Å². The minimum atomic E-state index is -5.10. The maximum atomic E-state index is 13.7. The lowest BCUT2D eigenvalue weighted by molar-refractivity contribution is -0.152. The normalized spacial score (nSPS) is 21.5. The summed E-state index contributed by atoms with van der Waals surface area (Å²) in [5, 5.41) is 17.5. The molecule has 0 saturated carbocycles. The van der Waals surface area contributed by atoms with Crippen LogP contribution in [-0.2, 0) is 35.7 Å². The predicted octanol–water partition coefficient (Wildman–Crippen LogP) is -0.417. The van der Waals surface area contributed by atoms with E-state index in [2.05, 4.69) is 20.4 Å². The van der Waals surface area contributed by atoms with E-state index in [-0.39, 0.29) is 33.3 Å². The van der Waals surface area contributed by atoms with Crippen LogP contribution in [0, 0.1) is 0 Å². The second-order valence-corrected chi connectivity index (χ2v) is 12.2. The minimum Gasteiger partial charge on any atom is -0.489 e. The number of nitrogens with one attached hydrogen (secondary N) is 2. The van der Waals surface area contributed by atoms with Crippen molar-refractivity contribution in [2.75, 3.05) is 25.4 Å². The first-order valence-electron chi connectivity index (χ1n) is 13.2. The Kier molecular flexibility index (Phi) is 10.0. The molecule has 0 spiro atoms. The Bertz CT molecular complexity index is 1660. The molecule has 0 radical (unpaired) electrons. The van der Waals surface area contributed by atoms with Crippen LogP contribution in [0.4, 0.5) is 18.3 Å². The number of carbonyl (C=O) groups excluding carboxylic acids is 2. The van der Waals surface area contributed by atoms with Crippen LogP contribution in [-0.4, -0.2) is 101 Å². The first kappa shape index (κ1) is 34.3. The molecule has 1 unspecified atom stereocenters. The molecule has 1 aromatic carbocycles. The predicted molar refractivity (Wildman–Crippen MR) is 154 cm³/mol. The Balaban J connectivity index is 1.53. The molecule has 17 nitrogen and oxygen atoms in total. The zero-order chi connectivity index (χ0) is 34.0. The summed E-state index contributed by atoms with van der Waals surface area (Å²) in [5.74, 6) is -4.06. The maximum absolute atomic E-state index is 13.7. The Morgan fingerprint density at radius 3 is 2.52 bits per heavy atom. The summed E-state index contributed by atoms with van der Waals surface area (Å²) in [6.45, 7) is 1.90. The summed E-state index contributed by atoms with van der Waals surface area (Å²) in [6.07, 6.45) is -6.24. The number of thiazole rings is 1. The summed E-state index contributed by atoms with van der Waals surface area (Å²) in [7, 11) is -4.99. The van der Waals surface area contributed by atoms with Crippen LogP contribution < -0.4 is 26.8 Å². The van der Waals surface area contributed by atoms with Crippen molar-refractivity contribution in [2.45, 2.75) is 43.8 Å². The molecule has 2 saturated heterocycles. The number of rotatable bonds is 12. The summed E-state index contributed by atoms with van der Waals surface area (Å²) >= 11 is -0.0534. The molecule has 2 amide bonds. The highest BCUT2D eigenvalue weighted by Gasteiger charge is 2.52. The highest BCUT2D eigenvalue weighted by Crippen LogP contribution is 2.38. The Labute approximate surface area is 262 Å². The average molecular weight is 693 g/mol. The molecule has 1 aromatic heterocycles. The van der Waals surface area contributed by atoms with Crippen LogP contribution in [0.1, 0.15) is 29.5 Å².